The van der Waals surface area contributed by atoms with Crippen LogP contribution in [0.3, 0.4) is 0 Å². The number of hydrogen-bond acceptors (Lipinski definition) is 3. The molecule has 3 rings (SSSR count). The molecule has 4 nitrogen and oxygen atoms in total. The van der Waals surface area contributed by atoms with Crippen LogP contribution in [0.25, 0.3) is 21.8 Å². The molecular formula is C17H16N2O2S. The van der Waals surface area contributed by atoms with Gasteiger partial charge in [-0.15, -0.1) is 11.8 Å². The highest BCUT2D eigenvalue weighted by Gasteiger charge is 2.13. The van der Waals surface area contributed by atoms with E-state index in [1.54, 1.807) is 23.9 Å². The topological polar surface area (TPSA) is 62.0 Å². The smallest absolute Gasteiger partial charge is 0.221 e. The number of anilines is 1. The van der Waals surface area contributed by atoms with Crippen molar-refractivity contribution in [1.29, 1.82) is 0 Å². The van der Waals surface area contributed by atoms with E-state index in [1.807, 2.05) is 24.3 Å². The average molecular weight is 312 g/mol. The molecular weight excluding hydrogens is 296 g/mol. The number of fused-ring (bicyclic) bond motifs is 2. The number of aromatic amines is 1. The van der Waals surface area contributed by atoms with Gasteiger partial charge in [0, 0.05) is 22.7 Å². The SMILES string of the molecule is CCSc1ccc(NC(C)=O)c2c(=O)c3ccccc3[nH]c12. The third-order valence-electron chi connectivity index (χ3n) is 3.44. The van der Waals surface area contributed by atoms with Gasteiger partial charge in [0.15, 0.2) is 5.43 Å². The summed E-state index contributed by atoms with van der Waals surface area (Å²) in [5, 5.41) is 3.91. The summed E-state index contributed by atoms with van der Waals surface area (Å²) in [6, 6.07) is 11.2. The maximum atomic E-state index is 12.9. The van der Waals surface area contributed by atoms with Crippen molar-refractivity contribution in [2.75, 3.05) is 11.1 Å². The van der Waals surface area contributed by atoms with Crippen molar-refractivity contribution in [3.05, 3.63) is 46.6 Å². The van der Waals surface area contributed by atoms with E-state index in [2.05, 4.69) is 17.2 Å². The fourth-order valence-corrected chi connectivity index (χ4v) is 3.35. The number of carbonyl (C=O) groups excluding carboxylic acids is 1. The Kier molecular flexibility index (Phi) is 3.90. The van der Waals surface area contributed by atoms with Gasteiger partial charge in [-0.3, -0.25) is 9.59 Å². The molecule has 0 fully saturated rings. The van der Waals surface area contributed by atoms with E-state index in [0.717, 1.165) is 21.7 Å². The molecule has 0 saturated carbocycles. The lowest BCUT2D eigenvalue weighted by Gasteiger charge is -2.12. The number of carbonyl (C=O) groups is 1. The van der Waals surface area contributed by atoms with Crippen LogP contribution in [0.5, 0.6) is 0 Å². The van der Waals surface area contributed by atoms with Gasteiger partial charge in [0.05, 0.1) is 16.6 Å². The molecule has 1 amide bonds. The van der Waals surface area contributed by atoms with Gasteiger partial charge >= 0.3 is 0 Å². The number of hydrogen-bond donors (Lipinski definition) is 2. The lowest BCUT2D eigenvalue weighted by molar-refractivity contribution is -0.114. The number of aromatic nitrogens is 1. The number of para-hydroxylation sites is 1. The summed E-state index contributed by atoms with van der Waals surface area (Å²) in [5.74, 6) is 0.716. The van der Waals surface area contributed by atoms with Crippen LogP contribution in [-0.2, 0) is 4.79 Å². The van der Waals surface area contributed by atoms with Crippen LogP contribution in [0, 0.1) is 0 Å². The predicted molar refractivity (Wildman–Crippen MR) is 92.8 cm³/mol. The first kappa shape index (κ1) is 14.7. The summed E-state index contributed by atoms with van der Waals surface area (Å²) in [6.07, 6.45) is 0. The van der Waals surface area contributed by atoms with E-state index in [0.29, 0.717) is 16.5 Å². The second-order valence-electron chi connectivity index (χ2n) is 4.98. The first-order valence-corrected chi connectivity index (χ1v) is 8.08. The lowest BCUT2D eigenvalue weighted by atomic mass is 10.1. The monoisotopic (exact) mass is 312 g/mol. The van der Waals surface area contributed by atoms with Gasteiger partial charge in [-0.2, -0.15) is 0 Å². The van der Waals surface area contributed by atoms with Crippen molar-refractivity contribution in [2.24, 2.45) is 0 Å². The molecule has 0 radical (unpaired) electrons. The number of nitrogens with one attached hydrogen (secondary N) is 2. The number of rotatable bonds is 3. The molecule has 0 bridgehead atoms. The Hall–Kier alpha value is -2.27. The first-order valence-electron chi connectivity index (χ1n) is 7.10. The van der Waals surface area contributed by atoms with E-state index in [-0.39, 0.29) is 11.3 Å². The van der Waals surface area contributed by atoms with Crippen molar-refractivity contribution in [1.82, 2.24) is 4.98 Å². The predicted octanol–water partition coefficient (Wildman–Crippen LogP) is 3.75. The summed E-state index contributed by atoms with van der Waals surface area (Å²) in [5.41, 5.74) is 2.07. The fourth-order valence-electron chi connectivity index (χ4n) is 2.57. The zero-order valence-electron chi connectivity index (χ0n) is 12.4. The van der Waals surface area contributed by atoms with Gasteiger partial charge in [-0.1, -0.05) is 19.1 Å². The number of H-pyrrole nitrogens is 1. The number of amides is 1. The summed E-state index contributed by atoms with van der Waals surface area (Å²) < 4.78 is 0. The molecule has 1 heterocycles. The molecule has 0 aliphatic carbocycles. The molecule has 0 unspecified atom stereocenters. The van der Waals surface area contributed by atoms with Gasteiger partial charge in [-0.25, -0.2) is 0 Å². The Morgan fingerprint density at radius 2 is 2.00 bits per heavy atom. The molecule has 2 N–H and O–H groups in total. The van der Waals surface area contributed by atoms with E-state index >= 15 is 0 Å². The quantitative estimate of drug-likeness (QED) is 0.572. The molecule has 0 aliphatic heterocycles. The maximum absolute atomic E-state index is 12.9. The lowest BCUT2D eigenvalue weighted by Crippen LogP contribution is -2.12. The van der Waals surface area contributed by atoms with Gasteiger partial charge in [0.2, 0.25) is 5.91 Å². The van der Waals surface area contributed by atoms with Crippen molar-refractivity contribution in [2.45, 2.75) is 18.7 Å². The Morgan fingerprint density at radius 1 is 1.23 bits per heavy atom. The van der Waals surface area contributed by atoms with E-state index in [4.69, 9.17) is 0 Å². The van der Waals surface area contributed by atoms with Crippen molar-refractivity contribution >= 4 is 45.2 Å². The minimum Gasteiger partial charge on any atom is -0.353 e. The normalized spacial score (nSPS) is 11.0. The van der Waals surface area contributed by atoms with Crippen LogP contribution in [0.15, 0.2) is 46.1 Å². The largest absolute Gasteiger partial charge is 0.353 e. The molecule has 0 aliphatic rings. The third-order valence-corrected chi connectivity index (χ3v) is 4.38. The number of pyridine rings is 1. The van der Waals surface area contributed by atoms with Crippen LogP contribution in [-0.4, -0.2) is 16.6 Å². The van der Waals surface area contributed by atoms with E-state index < -0.39 is 0 Å². The Labute approximate surface area is 131 Å². The number of thioether (sulfide) groups is 1. The van der Waals surface area contributed by atoms with Crippen LogP contribution in [0.4, 0.5) is 5.69 Å². The molecule has 2 aromatic carbocycles. The highest BCUT2D eigenvalue weighted by Crippen LogP contribution is 2.31. The summed E-state index contributed by atoms with van der Waals surface area (Å²) in [7, 11) is 0. The van der Waals surface area contributed by atoms with Gasteiger partial charge < -0.3 is 10.3 Å². The average Bonchev–Trinajstić information content (AvgIpc) is 2.49. The minimum atomic E-state index is -0.190. The highest BCUT2D eigenvalue weighted by molar-refractivity contribution is 7.99. The Balaban J connectivity index is 2.44. The maximum Gasteiger partial charge on any atom is 0.221 e. The molecule has 5 heteroatoms. The van der Waals surface area contributed by atoms with Gasteiger partial charge in [0.1, 0.15) is 0 Å². The summed E-state index contributed by atoms with van der Waals surface area (Å²) in [6.45, 7) is 3.51. The molecule has 1 aromatic heterocycles. The van der Waals surface area contributed by atoms with Crippen molar-refractivity contribution in [3.8, 4) is 0 Å². The van der Waals surface area contributed by atoms with Crippen LogP contribution >= 0.6 is 11.8 Å². The van der Waals surface area contributed by atoms with Gasteiger partial charge in [-0.05, 0) is 30.0 Å². The second-order valence-corrected chi connectivity index (χ2v) is 6.28. The molecule has 3 aromatic rings. The van der Waals surface area contributed by atoms with E-state index in [9.17, 15) is 9.59 Å². The Bertz CT molecular complexity index is 931. The summed E-state index contributed by atoms with van der Waals surface area (Å²) >= 11 is 1.67. The van der Waals surface area contributed by atoms with Crippen molar-refractivity contribution in [3.63, 3.8) is 0 Å². The third kappa shape index (κ3) is 2.48. The molecule has 0 atom stereocenters. The van der Waals surface area contributed by atoms with Crippen LogP contribution in [0.1, 0.15) is 13.8 Å². The van der Waals surface area contributed by atoms with Crippen molar-refractivity contribution < 1.29 is 4.79 Å². The van der Waals surface area contributed by atoms with Gasteiger partial charge in [0.25, 0.3) is 0 Å². The fraction of sp³-hybridized carbons (Fsp3) is 0.176. The Morgan fingerprint density at radius 3 is 2.73 bits per heavy atom. The second kappa shape index (κ2) is 5.85. The van der Waals surface area contributed by atoms with E-state index in [1.165, 1.54) is 6.92 Å². The zero-order valence-corrected chi connectivity index (χ0v) is 13.2. The number of benzene rings is 2. The first-order chi connectivity index (χ1) is 10.6. The zero-order chi connectivity index (χ0) is 15.7. The minimum absolute atomic E-state index is 0.0633. The standard InChI is InChI=1S/C17H16N2O2S/c1-3-22-14-9-8-13(18-10(2)20)15-16(14)19-12-7-5-4-6-11(12)17(15)21/h4-9H,3H2,1-2H3,(H,18,20)(H,19,21). The molecule has 22 heavy (non-hydrogen) atoms. The van der Waals surface area contributed by atoms with Crippen LogP contribution in [0.2, 0.25) is 0 Å². The molecule has 0 saturated heterocycles. The van der Waals surface area contributed by atoms with Crippen LogP contribution < -0.4 is 10.7 Å². The molecule has 112 valence electrons. The summed E-state index contributed by atoms with van der Waals surface area (Å²) in [4.78, 5) is 28.6. The highest BCUT2D eigenvalue weighted by atomic mass is 32.2. The molecule has 0 spiro atoms.